The van der Waals surface area contributed by atoms with Gasteiger partial charge in [-0.05, 0) is 65.3 Å². The predicted octanol–water partition coefficient (Wildman–Crippen LogP) is 2.93. The van der Waals surface area contributed by atoms with Crippen molar-refractivity contribution < 1.29 is 9.90 Å². The van der Waals surface area contributed by atoms with Crippen LogP contribution in [0.15, 0.2) is 57.7 Å². The molecule has 1 aliphatic carbocycles. The highest BCUT2D eigenvalue weighted by molar-refractivity contribution is 14.1. The van der Waals surface area contributed by atoms with Crippen molar-refractivity contribution in [3.63, 3.8) is 0 Å². The van der Waals surface area contributed by atoms with Crippen LogP contribution in [0.5, 0.6) is 0 Å². The molecule has 134 valence electrons. The molecule has 3 heterocycles. The van der Waals surface area contributed by atoms with Crippen LogP contribution in [0, 0.1) is 0 Å². The Morgan fingerprint density at radius 1 is 1.35 bits per heavy atom. The summed E-state index contributed by atoms with van der Waals surface area (Å²) >= 11 is 2.33. The van der Waals surface area contributed by atoms with Gasteiger partial charge in [0.1, 0.15) is 0 Å². The highest BCUT2D eigenvalue weighted by atomic mass is 127. The summed E-state index contributed by atoms with van der Waals surface area (Å²) in [7, 11) is 0. The molecule has 1 aromatic rings. The number of aliphatic hydroxyl groups is 1. The zero-order valence-electron chi connectivity index (χ0n) is 14.4. The van der Waals surface area contributed by atoms with E-state index in [4.69, 9.17) is 0 Å². The molecule has 0 unspecified atom stereocenters. The van der Waals surface area contributed by atoms with Gasteiger partial charge < -0.3 is 10.0 Å². The summed E-state index contributed by atoms with van der Waals surface area (Å²) < 4.78 is 1.18. The number of amides is 1. The second kappa shape index (κ2) is 6.04. The summed E-state index contributed by atoms with van der Waals surface area (Å²) in [5, 5.41) is 9.20. The minimum absolute atomic E-state index is 0.0166. The van der Waals surface area contributed by atoms with E-state index in [-0.39, 0.29) is 24.0 Å². The molecular formula is C21H21IN2O2. The van der Waals surface area contributed by atoms with Gasteiger partial charge in [0.25, 0.3) is 5.91 Å². The van der Waals surface area contributed by atoms with Crippen LogP contribution in [-0.4, -0.2) is 47.7 Å². The largest absolute Gasteiger partial charge is 0.392 e. The van der Waals surface area contributed by atoms with Gasteiger partial charge in [0, 0.05) is 33.3 Å². The Kier molecular flexibility index (Phi) is 3.88. The molecule has 1 fully saturated rings. The molecular weight excluding hydrogens is 439 g/mol. The molecule has 1 amide bonds. The van der Waals surface area contributed by atoms with E-state index in [0.717, 1.165) is 31.6 Å². The fraction of sp³-hybridized carbons (Fsp3) is 0.381. The van der Waals surface area contributed by atoms with Crippen molar-refractivity contribution in [3.05, 3.63) is 63.3 Å². The lowest BCUT2D eigenvalue weighted by molar-refractivity contribution is -0.114. The minimum atomic E-state index is -0.0166. The molecule has 5 rings (SSSR count). The third kappa shape index (κ3) is 2.11. The molecule has 0 saturated carbocycles. The topological polar surface area (TPSA) is 43.8 Å². The number of rotatable bonds is 3. The average molecular weight is 460 g/mol. The Morgan fingerprint density at radius 2 is 2.19 bits per heavy atom. The fourth-order valence-corrected chi connectivity index (χ4v) is 6.20. The van der Waals surface area contributed by atoms with Crippen LogP contribution in [0.4, 0.5) is 5.69 Å². The Labute approximate surface area is 167 Å². The van der Waals surface area contributed by atoms with Crippen LogP contribution in [0.3, 0.4) is 0 Å². The van der Waals surface area contributed by atoms with Gasteiger partial charge in [0.05, 0.1) is 12.6 Å². The number of carbonyl (C=O) groups is 1. The lowest BCUT2D eigenvalue weighted by Crippen LogP contribution is -2.57. The summed E-state index contributed by atoms with van der Waals surface area (Å²) in [5.41, 5.74) is 3.70. The van der Waals surface area contributed by atoms with Gasteiger partial charge in [-0.1, -0.05) is 30.4 Å². The number of para-hydroxylation sites is 1. The molecule has 3 aliphatic heterocycles. The van der Waals surface area contributed by atoms with E-state index < -0.39 is 0 Å². The van der Waals surface area contributed by atoms with Crippen molar-refractivity contribution in [1.29, 1.82) is 0 Å². The summed E-state index contributed by atoms with van der Waals surface area (Å²) in [6.07, 6.45) is 10.0. The summed E-state index contributed by atoms with van der Waals surface area (Å²) in [5.74, 6) is 0.102. The van der Waals surface area contributed by atoms with Gasteiger partial charge in [0.15, 0.2) is 0 Å². The first-order valence-electron chi connectivity index (χ1n) is 9.17. The highest BCUT2D eigenvalue weighted by Gasteiger charge is 2.62. The van der Waals surface area contributed by atoms with Gasteiger partial charge in [0.2, 0.25) is 0 Å². The number of fused-ring (bicyclic) bond motifs is 2. The monoisotopic (exact) mass is 460 g/mol. The first-order valence-corrected chi connectivity index (χ1v) is 10.2. The molecule has 4 nitrogen and oxygen atoms in total. The Morgan fingerprint density at radius 3 is 3.04 bits per heavy atom. The van der Waals surface area contributed by atoms with E-state index in [1.54, 1.807) is 6.08 Å². The van der Waals surface area contributed by atoms with Crippen LogP contribution in [-0.2, 0) is 10.2 Å². The maximum atomic E-state index is 12.8. The third-order valence-electron chi connectivity index (χ3n) is 6.47. The maximum absolute atomic E-state index is 12.8. The van der Waals surface area contributed by atoms with Crippen molar-refractivity contribution in [2.24, 2.45) is 0 Å². The predicted molar refractivity (Wildman–Crippen MR) is 110 cm³/mol. The molecule has 1 aromatic carbocycles. The number of benzene rings is 1. The van der Waals surface area contributed by atoms with E-state index in [0.29, 0.717) is 6.04 Å². The fourth-order valence-electron chi connectivity index (χ4n) is 5.57. The molecule has 4 aliphatic rings. The summed E-state index contributed by atoms with van der Waals surface area (Å²) in [6, 6.07) is 8.99. The number of anilines is 1. The van der Waals surface area contributed by atoms with E-state index in [1.165, 1.54) is 14.7 Å². The second-order valence-corrected chi connectivity index (χ2v) is 8.90. The number of nitrogens with zero attached hydrogens (tertiary/aromatic N) is 2. The Bertz CT molecular complexity index is 875. The van der Waals surface area contributed by atoms with Crippen molar-refractivity contribution in [2.45, 2.75) is 30.3 Å². The van der Waals surface area contributed by atoms with Crippen LogP contribution < -0.4 is 4.90 Å². The molecule has 26 heavy (non-hydrogen) atoms. The number of aliphatic hydroxyl groups excluding tert-OH is 1. The first-order chi connectivity index (χ1) is 12.7. The van der Waals surface area contributed by atoms with Crippen molar-refractivity contribution >= 4 is 34.2 Å². The van der Waals surface area contributed by atoms with Crippen molar-refractivity contribution in [1.82, 2.24) is 4.90 Å². The number of likely N-dealkylation sites (tertiary alicyclic amines) is 1. The first kappa shape index (κ1) is 16.7. The molecule has 0 aromatic heterocycles. The quantitative estimate of drug-likeness (QED) is 0.706. The number of carbonyl (C=O) groups excluding carboxylic acids is 1. The molecule has 3 atom stereocenters. The standard InChI is InChI=1S/C21H21IN2O2/c22-15(9-12-25)13-23-11-10-21-16-3-1-2-4-17(16)24-19(26)8-6-14(20(21)24)5-7-18(21)23/h1-6,8-9,18,20,25H,7,10-13H2/b15-9-/t18-,20-,21+/m0/s1. The van der Waals surface area contributed by atoms with Crippen LogP contribution in [0.1, 0.15) is 18.4 Å². The molecule has 5 heteroatoms. The summed E-state index contributed by atoms with van der Waals surface area (Å²) in [6.45, 7) is 1.98. The van der Waals surface area contributed by atoms with E-state index in [2.05, 4.69) is 51.8 Å². The zero-order chi connectivity index (χ0) is 17.9. The van der Waals surface area contributed by atoms with Gasteiger partial charge in [-0.3, -0.25) is 9.69 Å². The normalized spacial score (nSPS) is 32.4. The lowest BCUT2D eigenvalue weighted by Gasteiger charge is -2.46. The highest BCUT2D eigenvalue weighted by Crippen LogP contribution is 2.59. The number of halogens is 1. The van der Waals surface area contributed by atoms with Gasteiger partial charge in [-0.15, -0.1) is 0 Å². The maximum Gasteiger partial charge on any atom is 0.251 e. The van der Waals surface area contributed by atoms with E-state index >= 15 is 0 Å². The molecule has 1 spiro atoms. The molecule has 1 saturated heterocycles. The van der Waals surface area contributed by atoms with Gasteiger partial charge >= 0.3 is 0 Å². The smallest absolute Gasteiger partial charge is 0.251 e. The van der Waals surface area contributed by atoms with Crippen molar-refractivity contribution in [3.8, 4) is 0 Å². The van der Waals surface area contributed by atoms with Crippen LogP contribution >= 0.6 is 22.6 Å². The third-order valence-corrected chi connectivity index (χ3v) is 7.26. The molecule has 0 bridgehead atoms. The SMILES string of the molecule is O=C1C=CC2=CC[C@@H]3N(C/C(I)=C/CO)CC[C@@]34c3ccccc3N1[C@@H]24. The Hall–Kier alpha value is -1.44. The zero-order valence-corrected chi connectivity index (χ0v) is 16.6. The van der Waals surface area contributed by atoms with E-state index in [1.807, 2.05) is 23.1 Å². The Balaban J connectivity index is 1.64. The van der Waals surface area contributed by atoms with Gasteiger partial charge in [-0.2, -0.15) is 0 Å². The van der Waals surface area contributed by atoms with Crippen LogP contribution in [0.2, 0.25) is 0 Å². The number of hydrogen-bond donors (Lipinski definition) is 1. The second-order valence-electron chi connectivity index (χ2n) is 7.51. The lowest BCUT2D eigenvalue weighted by atomic mass is 9.64. The molecule has 0 radical (unpaired) electrons. The van der Waals surface area contributed by atoms with Gasteiger partial charge in [-0.25, -0.2) is 0 Å². The molecule has 1 N–H and O–H groups in total. The summed E-state index contributed by atoms with van der Waals surface area (Å²) in [4.78, 5) is 17.3. The number of hydrogen-bond acceptors (Lipinski definition) is 3. The average Bonchev–Trinajstić information content (AvgIpc) is 3.16. The van der Waals surface area contributed by atoms with E-state index in [9.17, 15) is 9.90 Å². The van der Waals surface area contributed by atoms with Crippen molar-refractivity contribution in [2.75, 3.05) is 24.6 Å². The minimum Gasteiger partial charge on any atom is -0.392 e. The van der Waals surface area contributed by atoms with Crippen LogP contribution in [0.25, 0.3) is 0 Å².